The van der Waals surface area contributed by atoms with Crippen molar-refractivity contribution in [1.82, 2.24) is 9.78 Å². The molecule has 0 saturated carbocycles. The van der Waals surface area contributed by atoms with Gasteiger partial charge in [0.05, 0.1) is 16.4 Å². The van der Waals surface area contributed by atoms with Crippen molar-refractivity contribution < 1.29 is 0 Å². The molecule has 1 N–H and O–H groups in total. The monoisotopic (exact) mass is 405 g/mol. The number of rotatable bonds is 2. The van der Waals surface area contributed by atoms with Crippen LogP contribution in [0.3, 0.4) is 0 Å². The van der Waals surface area contributed by atoms with Crippen molar-refractivity contribution in [2.45, 2.75) is 26.2 Å². The molecule has 0 atom stereocenters. The molecular weight excluding hydrogens is 389 g/mol. The van der Waals surface area contributed by atoms with Gasteiger partial charge in [0.25, 0.3) is 0 Å². The van der Waals surface area contributed by atoms with E-state index in [1.165, 1.54) is 5.56 Å². The minimum absolute atomic E-state index is 0.646. The number of hydrogen-bond acceptors (Lipinski definition) is 2. The molecule has 0 aliphatic carbocycles. The van der Waals surface area contributed by atoms with Gasteiger partial charge in [-0.05, 0) is 62.1 Å². The van der Waals surface area contributed by atoms with E-state index in [1.807, 2.05) is 41.9 Å². The average Bonchev–Trinajstić information content (AvgIpc) is 2.81. The third-order valence-corrected chi connectivity index (χ3v) is 5.75. The smallest absolute Gasteiger partial charge is 0.133 e. The summed E-state index contributed by atoms with van der Waals surface area (Å²) in [6, 6.07) is 11.4. The summed E-state index contributed by atoms with van der Waals surface area (Å²) in [4.78, 5) is 0. The van der Waals surface area contributed by atoms with Gasteiger partial charge in [-0.2, -0.15) is 5.10 Å². The van der Waals surface area contributed by atoms with Crippen molar-refractivity contribution in [3.05, 3.63) is 62.6 Å². The SMILES string of the molecule is Cc1c(Cl)cccc1-n1nc(-c2cc(Cl)ccc2Cl)c2c1NCCCC2. The second kappa shape index (κ2) is 7.15. The van der Waals surface area contributed by atoms with Crippen molar-refractivity contribution >= 4 is 40.6 Å². The fraction of sp³-hybridized carbons (Fsp3) is 0.250. The van der Waals surface area contributed by atoms with Crippen LogP contribution in [-0.4, -0.2) is 16.3 Å². The van der Waals surface area contributed by atoms with Gasteiger partial charge in [0.1, 0.15) is 5.82 Å². The highest BCUT2D eigenvalue weighted by Crippen LogP contribution is 2.38. The first-order valence-electron chi connectivity index (χ1n) is 8.63. The Morgan fingerprint density at radius 2 is 1.88 bits per heavy atom. The predicted octanol–water partition coefficient (Wildman–Crippen LogP) is 6.56. The summed E-state index contributed by atoms with van der Waals surface area (Å²) >= 11 is 19.1. The Hall–Kier alpha value is -1.68. The number of nitrogens with zero attached hydrogens (tertiary/aromatic N) is 2. The van der Waals surface area contributed by atoms with Gasteiger partial charge >= 0.3 is 0 Å². The Labute approximate surface area is 167 Å². The van der Waals surface area contributed by atoms with Gasteiger partial charge in [-0.1, -0.05) is 40.9 Å². The van der Waals surface area contributed by atoms with Crippen LogP contribution in [0.1, 0.15) is 24.0 Å². The molecule has 0 radical (unpaired) electrons. The number of benzene rings is 2. The van der Waals surface area contributed by atoms with Gasteiger partial charge in [0.15, 0.2) is 0 Å². The maximum Gasteiger partial charge on any atom is 0.133 e. The first-order chi connectivity index (χ1) is 12.6. The minimum atomic E-state index is 0.646. The molecule has 1 aliphatic heterocycles. The highest BCUT2D eigenvalue weighted by molar-refractivity contribution is 6.35. The maximum atomic E-state index is 6.48. The first kappa shape index (κ1) is 17.7. The topological polar surface area (TPSA) is 29.9 Å². The van der Waals surface area contributed by atoms with Gasteiger partial charge in [0, 0.05) is 27.7 Å². The van der Waals surface area contributed by atoms with Crippen LogP contribution in [0.25, 0.3) is 16.9 Å². The fourth-order valence-electron chi connectivity index (χ4n) is 3.40. The lowest BCUT2D eigenvalue weighted by atomic mass is 10.0. The zero-order chi connectivity index (χ0) is 18.3. The van der Waals surface area contributed by atoms with E-state index in [1.54, 1.807) is 6.07 Å². The summed E-state index contributed by atoms with van der Waals surface area (Å²) in [7, 11) is 0. The fourth-order valence-corrected chi connectivity index (χ4v) is 3.95. The molecule has 3 aromatic rings. The van der Waals surface area contributed by atoms with E-state index in [4.69, 9.17) is 39.9 Å². The van der Waals surface area contributed by atoms with E-state index in [-0.39, 0.29) is 0 Å². The highest BCUT2D eigenvalue weighted by atomic mass is 35.5. The van der Waals surface area contributed by atoms with E-state index in [9.17, 15) is 0 Å². The highest BCUT2D eigenvalue weighted by Gasteiger charge is 2.24. The second-order valence-electron chi connectivity index (χ2n) is 6.48. The molecule has 134 valence electrons. The average molecular weight is 407 g/mol. The van der Waals surface area contributed by atoms with Crippen LogP contribution < -0.4 is 5.32 Å². The maximum absolute atomic E-state index is 6.48. The van der Waals surface area contributed by atoms with Crippen LogP contribution in [0.4, 0.5) is 5.82 Å². The van der Waals surface area contributed by atoms with Crippen LogP contribution in [0.15, 0.2) is 36.4 Å². The summed E-state index contributed by atoms with van der Waals surface area (Å²) in [6.07, 6.45) is 3.16. The molecule has 0 saturated heterocycles. The molecule has 0 unspecified atom stereocenters. The molecule has 0 fully saturated rings. The largest absolute Gasteiger partial charge is 0.370 e. The van der Waals surface area contributed by atoms with Crippen molar-refractivity contribution in [2.75, 3.05) is 11.9 Å². The van der Waals surface area contributed by atoms with Crippen LogP contribution >= 0.6 is 34.8 Å². The number of aromatic nitrogens is 2. The Morgan fingerprint density at radius 3 is 2.73 bits per heavy atom. The van der Waals surface area contributed by atoms with Gasteiger partial charge in [-0.3, -0.25) is 0 Å². The Morgan fingerprint density at radius 1 is 1.04 bits per heavy atom. The van der Waals surface area contributed by atoms with Gasteiger partial charge in [-0.15, -0.1) is 0 Å². The van der Waals surface area contributed by atoms with Crippen LogP contribution in [-0.2, 0) is 6.42 Å². The summed E-state index contributed by atoms with van der Waals surface area (Å²) in [5, 5.41) is 10.5. The van der Waals surface area contributed by atoms with Gasteiger partial charge in [0.2, 0.25) is 0 Å². The van der Waals surface area contributed by atoms with Crippen LogP contribution in [0.5, 0.6) is 0 Å². The summed E-state index contributed by atoms with van der Waals surface area (Å²) in [6.45, 7) is 2.93. The third-order valence-electron chi connectivity index (χ3n) is 4.78. The first-order valence-corrected chi connectivity index (χ1v) is 9.76. The molecule has 0 amide bonds. The summed E-state index contributed by atoms with van der Waals surface area (Å²) in [5.41, 5.74) is 4.87. The van der Waals surface area contributed by atoms with E-state index < -0.39 is 0 Å². The van der Waals surface area contributed by atoms with E-state index in [2.05, 4.69) is 5.32 Å². The number of nitrogens with one attached hydrogen (secondary N) is 1. The molecule has 3 nitrogen and oxygen atoms in total. The molecule has 2 aromatic carbocycles. The standard InChI is InChI=1S/C20H18Cl3N3/c1-12-16(22)6-4-7-18(12)26-20-14(5-2-3-10-24-20)19(25-26)15-11-13(21)8-9-17(15)23/h4,6-9,11,24H,2-3,5,10H2,1H3. The van der Waals surface area contributed by atoms with Crippen LogP contribution in [0.2, 0.25) is 15.1 Å². The molecule has 6 heteroatoms. The van der Waals surface area contributed by atoms with Crippen molar-refractivity contribution in [3.8, 4) is 16.9 Å². The lowest BCUT2D eigenvalue weighted by Gasteiger charge is -2.12. The predicted molar refractivity (Wildman–Crippen MR) is 110 cm³/mol. The second-order valence-corrected chi connectivity index (χ2v) is 7.73. The number of hydrogen-bond donors (Lipinski definition) is 1. The van der Waals surface area contributed by atoms with Crippen molar-refractivity contribution in [2.24, 2.45) is 0 Å². The quantitative estimate of drug-likeness (QED) is 0.522. The lowest BCUT2D eigenvalue weighted by molar-refractivity contribution is 0.779. The van der Waals surface area contributed by atoms with Gasteiger partial charge < -0.3 is 5.32 Å². The molecule has 4 rings (SSSR count). The van der Waals surface area contributed by atoms with E-state index >= 15 is 0 Å². The molecule has 2 heterocycles. The normalized spacial score (nSPS) is 13.8. The zero-order valence-corrected chi connectivity index (χ0v) is 16.6. The Bertz CT molecular complexity index is 952. The number of fused-ring (bicyclic) bond motifs is 1. The third kappa shape index (κ3) is 3.09. The number of anilines is 1. The van der Waals surface area contributed by atoms with E-state index in [0.717, 1.165) is 59.2 Å². The number of halogens is 3. The van der Waals surface area contributed by atoms with Crippen molar-refractivity contribution in [1.29, 1.82) is 0 Å². The molecule has 1 aliphatic rings. The summed E-state index contributed by atoms with van der Waals surface area (Å²) < 4.78 is 1.95. The van der Waals surface area contributed by atoms with Crippen molar-refractivity contribution in [3.63, 3.8) is 0 Å². The Kier molecular flexibility index (Phi) is 4.87. The molecule has 0 spiro atoms. The molecule has 0 bridgehead atoms. The molecule has 26 heavy (non-hydrogen) atoms. The summed E-state index contributed by atoms with van der Waals surface area (Å²) in [5.74, 6) is 1.01. The molecular formula is C20H18Cl3N3. The zero-order valence-electron chi connectivity index (χ0n) is 14.3. The lowest BCUT2D eigenvalue weighted by Crippen LogP contribution is -2.08. The van der Waals surface area contributed by atoms with Gasteiger partial charge in [-0.25, -0.2) is 4.68 Å². The molecule has 1 aromatic heterocycles. The minimum Gasteiger partial charge on any atom is -0.370 e. The van der Waals surface area contributed by atoms with Crippen LogP contribution in [0, 0.1) is 6.92 Å². The Balaban J connectivity index is 1.98. The van der Waals surface area contributed by atoms with E-state index in [0.29, 0.717) is 10.0 Å².